The Balaban J connectivity index is 0.0000120. The fourth-order valence-corrected chi connectivity index (χ4v) is 6.61. The van der Waals surface area contributed by atoms with Crippen molar-refractivity contribution in [3.05, 3.63) is 71.8 Å². The molecule has 0 aliphatic carbocycles. The number of benzene rings is 2. The molecule has 2 rings (SSSR count). The van der Waals surface area contributed by atoms with Crippen LogP contribution in [0.3, 0.4) is 0 Å². The van der Waals surface area contributed by atoms with Crippen molar-refractivity contribution in [3.63, 3.8) is 0 Å². The number of hydrogen-bond donors (Lipinski definition) is 0. The molecule has 0 atom stereocenters. The van der Waals surface area contributed by atoms with Crippen molar-refractivity contribution in [3.8, 4) is 0 Å². The van der Waals surface area contributed by atoms with Gasteiger partial charge in [-0.1, -0.05) is 186 Å². The Morgan fingerprint density at radius 1 is 0.490 bits per heavy atom. The van der Waals surface area contributed by atoms with Crippen LogP contribution >= 0.6 is 0 Å². The zero-order valence-corrected chi connectivity index (χ0v) is 33.4. The van der Waals surface area contributed by atoms with Gasteiger partial charge >= 0.3 is 0 Å². The Kier molecular flexibility index (Phi) is 29.4. The van der Waals surface area contributed by atoms with Crippen LogP contribution in [-0.4, -0.2) is 11.4 Å². The van der Waals surface area contributed by atoms with Crippen LogP contribution in [0.2, 0.25) is 0 Å². The van der Waals surface area contributed by atoms with Gasteiger partial charge in [0.15, 0.2) is 0 Å². The van der Waals surface area contributed by atoms with E-state index >= 15 is 0 Å². The molecule has 49 heavy (non-hydrogen) atoms. The Bertz CT molecular complexity index is 1110. The maximum absolute atomic E-state index is 5.31. The zero-order chi connectivity index (χ0) is 34.3. The average Bonchev–Trinajstić information content (AvgIpc) is 3.09. The standard InChI is InChI=1S/C46H74N2.Ni/c1-5-9-11-12-13-14-15-16-17-18-19-20-21-22-23-24-25-26-27-31-37-46(45(36-10-6-2)47-43-34-29-28-30-35-43)48-44-39-41(32-7-3)38-42(40-44)33-8-4;/h28-31,34-35,37-40H,5-27,32-33,36H2,1-4H3;/b37-31+,47-45?,48-46?;. The largest absolute Gasteiger partial charge is 0.251 e. The van der Waals surface area contributed by atoms with Crippen molar-refractivity contribution in [2.45, 2.75) is 195 Å². The van der Waals surface area contributed by atoms with Crippen molar-refractivity contribution in [2.75, 3.05) is 0 Å². The molecular formula is C46H74N2Ni. The van der Waals surface area contributed by atoms with Gasteiger partial charge in [0.25, 0.3) is 0 Å². The Morgan fingerprint density at radius 3 is 1.43 bits per heavy atom. The van der Waals surface area contributed by atoms with Crippen LogP contribution in [0.5, 0.6) is 0 Å². The van der Waals surface area contributed by atoms with Crippen LogP contribution in [0.1, 0.15) is 193 Å². The number of aliphatic imine (C=N–C) groups is 2. The minimum absolute atomic E-state index is 0. The summed E-state index contributed by atoms with van der Waals surface area (Å²) in [6.45, 7) is 9.09. The fourth-order valence-electron chi connectivity index (χ4n) is 6.61. The number of allylic oxidation sites excluding steroid dienone is 2. The topological polar surface area (TPSA) is 24.7 Å². The minimum Gasteiger partial charge on any atom is -0.251 e. The Hall–Kier alpha value is -1.99. The van der Waals surface area contributed by atoms with Gasteiger partial charge in [-0.2, -0.15) is 0 Å². The van der Waals surface area contributed by atoms with Gasteiger partial charge in [-0.3, -0.25) is 4.99 Å². The maximum Gasteiger partial charge on any atom is 0.0848 e. The van der Waals surface area contributed by atoms with E-state index in [-0.39, 0.29) is 16.5 Å². The summed E-state index contributed by atoms with van der Waals surface area (Å²) in [5.74, 6) is 0. The number of unbranched alkanes of at least 4 members (excludes halogenated alkanes) is 19. The van der Waals surface area contributed by atoms with Gasteiger partial charge in [-0.05, 0) is 80.0 Å². The first-order chi connectivity index (χ1) is 23.7. The first kappa shape index (κ1) is 45.0. The Morgan fingerprint density at radius 2 is 0.959 bits per heavy atom. The van der Waals surface area contributed by atoms with Crippen LogP contribution in [-0.2, 0) is 29.3 Å². The number of para-hydroxylation sites is 1. The van der Waals surface area contributed by atoms with Gasteiger partial charge in [-0.25, -0.2) is 4.99 Å². The summed E-state index contributed by atoms with van der Waals surface area (Å²) in [7, 11) is 0. The van der Waals surface area contributed by atoms with E-state index in [1.54, 1.807) is 0 Å². The van der Waals surface area contributed by atoms with Gasteiger partial charge in [-0.15, -0.1) is 0 Å². The van der Waals surface area contributed by atoms with E-state index < -0.39 is 0 Å². The molecule has 0 aliphatic rings. The van der Waals surface area contributed by atoms with Crippen LogP contribution in [0.15, 0.2) is 70.7 Å². The van der Waals surface area contributed by atoms with E-state index in [1.165, 1.54) is 127 Å². The molecule has 0 bridgehead atoms. The molecule has 0 heterocycles. The summed E-state index contributed by atoms with van der Waals surface area (Å²) >= 11 is 0. The van der Waals surface area contributed by atoms with E-state index in [9.17, 15) is 0 Å². The van der Waals surface area contributed by atoms with Crippen LogP contribution in [0.25, 0.3) is 0 Å². The molecule has 2 aromatic rings. The molecule has 0 N–H and O–H groups in total. The van der Waals surface area contributed by atoms with Crippen molar-refractivity contribution in [2.24, 2.45) is 9.98 Å². The molecule has 0 saturated carbocycles. The predicted octanol–water partition coefficient (Wildman–Crippen LogP) is 15.6. The molecule has 0 aliphatic heterocycles. The minimum atomic E-state index is 0. The number of aryl methyl sites for hydroxylation is 2. The van der Waals surface area contributed by atoms with Gasteiger partial charge < -0.3 is 0 Å². The predicted molar refractivity (Wildman–Crippen MR) is 217 cm³/mol. The molecule has 0 fully saturated rings. The van der Waals surface area contributed by atoms with E-state index in [4.69, 9.17) is 9.98 Å². The SMILES string of the molecule is CCCCCCCCCCCCCCCCCCCC/C=C/C(=Nc1cc(CCC)cc(CCC)c1)C(CCCC)=Nc1ccccc1.[Ni]. The zero-order valence-electron chi connectivity index (χ0n) is 32.4. The second-order valence-electron chi connectivity index (χ2n) is 14.2. The number of hydrogen-bond acceptors (Lipinski definition) is 2. The Labute approximate surface area is 314 Å². The quantitative estimate of drug-likeness (QED) is 0.0437. The summed E-state index contributed by atoms with van der Waals surface area (Å²) in [4.78, 5) is 10.5. The van der Waals surface area contributed by atoms with E-state index in [0.717, 1.165) is 74.2 Å². The summed E-state index contributed by atoms with van der Waals surface area (Å²) in [5, 5.41) is 0. The van der Waals surface area contributed by atoms with Gasteiger partial charge in [0, 0.05) is 16.5 Å². The second kappa shape index (κ2) is 32.0. The van der Waals surface area contributed by atoms with Crippen LogP contribution in [0, 0.1) is 0 Å². The molecule has 0 amide bonds. The molecule has 3 heteroatoms. The summed E-state index contributed by atoms with van der Waals surface area (Å²) in [6.07, 6.45) is 39.0. The van der Waals surface area contributed by atoms with E-state index in [2.05, 4.69) is 88.4 Å². The van der Waals surface area contributed by atoms with Crippen LogP contribution in [0.4, 0.5) is 11.4 Å². The van der Waals surface area contributed by atoms with Crippen LogP contribution < -0.4 is 0 Å². The smallest absolute Gasteiger partial charge is 0.0848 e. The molecule has 0 aromatic heterocycles. The third-order valence-corrected chi connectivity index (χ3v) is 9.45. The normalized spacial score (nSPS) is 12.2. The first-order valence-electron chi connectivity index (χ1n) is 20.7. The van der Waals surface area contributed by atoms with Crippen molar-refractivity contribution >= 4 is 22.8 Å². The van der Waals surface area contributed by atoms with Crippen molar-refractivity contribution in [1.82, 2.24) is 0 Å². The monoisotopic (exact) mass is 713 g/mol. The molecule has 2 aromatic carbocycles. The fraction of sp³-hybridized carbons (Fsp3) is 0.652. The molecular weight excluding hydrogens is 639 g/mol. The average molecular weight is 714 g/mol. The second-order valence-corrected chi connectivity index (χ2v) is 14.2. The first-order valence-corrected chi connectivity index (χ1v) is 20.7. The van der Waals surface area contributed by atoms with Crippen molar-refractivity contribution < 1.29 is 16.5 Å². The number of nitrogens with zero attached hydrogens (tertiary/aromatic N) is 2. The van der Waals surface area contributed by atoms with E-state index in [0.29, 0.717) is 0 Å². The van der Waals surface area contributed by atoms with Gasteiger partial charge in [0.05, 0.1) is 22.8 Å². The summed E-state index contributed by atoms with van der Waals surface area (Å²) in [5.41, 5.74) is 7.04. The molecule has 0 saturated heterocycles. The summed E-state index contributed by atoms with van der Waals surface area (Å²) in [6, 6.07) is 17.4. The maximum atomic E-state index is 5.31. The summed E-state index contributed by atoms with van der Waals surface area (Å²) < 4.78 is 0. The van der Waals surface area contributed by atoms with E-state index in [1.807, 2.05) is 0 Å². The molecule has 0 unspecified atom stereocenters. The number of rotatable bonds is 30. The molecule has 0 spiro atoms. The van der Waals surface area contributed by atoms with Gasteiger partial charge in [0.1, 0.15) is 0 Å². The third-order valence-electron chi connectivity index (χ3n) is 9.45. The van der Waals surface area contributed by atoms with Gasteiger partial charge in [0.2, 0.25) is 0 Å². The molecule has 0 radical (unpaired) electrons. The molecule has 278 valence electrons. The molecule has 2 nitrogen and oxygen atoms in total. The third kappa shape index (κ3) is 23.2. The van der Waals surface area contributed by atoms with Crippen molar-refractivity contribution in [1.29, 1.82) is 0 Å².